The lowest BCUT2D eigenvalue weighted by molar-refractivity contribution is -0.136. The number of carbonyl (C=O) groups is 2. The van der Waals surface area contributed by atoms with E-state index in [0.717, 1.165) is 4.88 Å². The van der Waals surface area contributed by atoms with E-state index in [0.29, 0.717) is 16.8 Å². The summed E-state index contributed by atoms with van der Waals surface area (Å²) in [4.78, 5) is 25.1. The standard InChI is InChI=1S/C18H16FNO4S/c1-9-6-11(8-25-9)18(23)20-10(2)12(7-15(21)22)16-13(20)4-5-14(24-3)17(16)19/h4-6,8H,7H2,1-3H3,(H,21,22). The molecule has 1 N–H and O–H groups in total. The number of ether oxygens (including phenoxy) is 1. The van der Waals surface area contributed by atoms with Gasteiger partial charge >= 0.3 is 5.97 Å². The van der Waals surface area contributed by atoms with Gasteiger partial charge in [0.1, 0.15) is 0 Å². The number of rotatable bonds is 4. The molecule has 0 aliphatic carbocycles. The highest BCUT2D eigenvalue weighted by molar-refractivity contribution is 7.10. The van der Waals surface area contributed by atoms with Gasteiger partial charge in [0.2, 0.25) is 0 Å². The monoisotopic (exact) mass is 361 g/mol. The molecular formula is C18H16FNO4S. The van der Waals surface area contributed by atoms with Gasteiger partial charge in [-0.1, -0.05) is 0 Å². The summed E-state index contributed by atoms with van der Waals surface area (Å²) in [5.74, 6) is -2.06. The van der Waals surface area contributed by atoms with Crippen LogP contribution in [0.2, 0.25) is 0 Å². The number of fused-ring (bicyclic) bond motifs is 1. The summed E-state index contributed by atoms with van der Waals surface area (Å²) in [6.45, 7) is 3.52. The smallest absolute Gasteiger partial charge is 0.307 e. The number of aliphatic carboxylic acids is 1. The van der Waals surface area contributed by atoms with Gasteiger partial charge in [0.25, 0.3) is 5.91 Å². The second-order valence-corrected chi connectivity index (χ2v) is 6.81. The number of halogens is 1. The molecule has 0 amide bonds. The van der Waals surface area contributed by atoms with Crippen LogP contribution in [0.1, 0.15) is 26.5 Å². The highest BCUT2D eigenvalue weighted by atomic mass is 32.1. The van der Waals surface area contributed by atoms with E-state index in [1.54, 1.807) is 24.4 Å². The third-order valence-corrected chi connectivity index (χ3v) is 4.99. The zero-order valence-corrected chi connectivity index (χ0v) is 14.7. The van der Waals surface area contributed by atoms with Crippen molar-refractivity contribution in [3.05, 3.63) is 51.1 Å². The normalized spacial score (nSPS) is 11.0. The predicted molar refractivity (Wildman–Crippen MR) is 93.3 cm³/mol. The number of carboxylic acid groups (broad SMARTS) is 1. The molecule has 0 spiro atoms. The minimum Gasteiger partial charge on any atom is -0.494 e. The third-order valence-electron chi connectivity index (χ3n) is 4.13. The largest absolute Gasteiger partial charge is 0.494 e. The van der Waals surface area contributed by atoms with Crippen molar-refractivity contribution in [2.75, 3.05) is 7.11 Å². The van der Waals surface area contributed by atoms with E-state index < -0.39 is 11.8 Å². The molecule has 0 bridgehead atoms. The van der Waals surface area contributed by atoms with E-state index in [1.807, 2.05) is 6.92 Å². The molecule has 2 heterocycles. The fraction of sp³-hybridized carbons (Fsp3) is 0.222. The second kappa shape index (κ2) is 6.33. The summed E-state index contributed by atoms with van der Waals surface area (Å²) in [6, 6.07) is 4.77. The highest BCUT2D eigenvalue weighted by Crippen LogP contribution is 2.34. The van der Waals surface area contributed by atoms with Crippen LogP contribution in [0.3, 0.4) is 0 Å². The number of carboxylic acids is 1. The number of nitrogens with zero attached hydrogens (tertiary/aromatic N) is 1. The summed E-state index contributed by atoms with van der Waals surface area (Å²) in [5.41, 5.74) is 1.51. The summed E-state index contributed by atoms with van der Waals surface area (Å²) < 4.78 is 21.2. The Bertz CT molecular complexity index is 1000. The number of aryl methyl sites for hydroxylation is 1. The first-order valence-electron chi connectivity index (χ1n) is 7.53. The number of methoxy groups -OCH3 is 1. The van der Waals surface area contributed by atoms with E-state index in [4.69, 9.17) is 4.74 Å². The number of hydrogen-bond acceptors (Lipinski definition) is 4. The van der Waals surface area contributed by atoms with Gasteiger partial charge in [0, 0.05) is 21.3 Å². The Hall–Kier alpha value is -2.67. The topological polar surface area (TPSA) is 68.5 Å². The molecule has 130 valence electrons. The van der Waals surface area contributed by atoms with Crippen molar-refractivity contribution in [2.45, 2.75) is 20.3 Å². The average Bonchev–Trinajstić information content (AvgIpc) is 3.10. The number of hydrogen-bond donors (Lipinski definition) is 1. The van der Waals surface area contributed by atoms with Crippen molar-refractivity contribution < 1.29 is 23.8 Å². The minimum absolute atomic E-state index is 0.00937. The Morgan fingerprint density at radius 1 is 1.32 bits per heavy atom. The van der Waals surface area contributed by atoms with Crippen molar-refractivity contribution in [1.82, 2.24) is 4.57 Å². The van der Waals surface area contributed by atoms with Gasteiger partial charge in [-0.3, -0.25) is 14.2 Å². The van der Waals surface area contributed by atoms with Crippen molar-refractivity contribution in [1.29, 1.82) is 0 Å². The predicted octanol–water partition coefficient (Wildman–Crippen LogP) is 3.78. The molecular weight excluding hydrogens is 345 g/mol. The molecule has 1 aromatic carbocycles. The van der Waals surface area contributed by atoms with Gasteiger partial charge in [0.05, 0.1) is 24.6 Å². The zero-order valence-electron chi connectivity index (χ0n) is 13.9. The van der Waals surface area contributed by atoms with Crippen LogP contribution in [0.5, 0.6) is 5.75 Å². The van der Waals surface area contributed by atoms with Crippen LogP contribution in [0.15, 0.2) is 23.6 Å². The Morgan fingerprint density at radius 2 is 2.04 bits per heavy atom. The van der Waals surface area contributed by atoms with Crippen LogP contribution >= 0.6 is 11.3 Å². The van der Waals surface area contributed by atoms with E-state index >= 15 is 0 Å². The lowest BCUT2D eigenvalue weighted by Gasteiger charge is -2.06. The molecule has 2 aromatic heterocycles. The maximum Gasteiger partial charge on any atom is 0.307 e. The van der Waals surface area contributed by atoms with E-state index in [2.05, 4.69) is 0 Å². The first-order chi connectivity index (χ1) is 11.8. The van der Waals surface area contributed by atoms with Crippen LogP contribution in [0.4, 0.5) is 4.39 Å². The summed E-state index contributed by atoms with van der Waals surface area (Å²) in [7, 11) is 1.34. The summed E-state index contributed by atoms with van der Waals surface area (Å²) in [6.07, 6.45) is -0.380. The second-order valence-electron chi connectivity index (χ2n) is 5.70. The first-order valence-corrected chi connectivity index (χ1v) is 8.41. The number of thiophene rings is 1. The molecule has 0 saturated heterocycles. The highest BCUT2D eigenvalue weighted by Gasteiger charge is 2.25. The molecule has 3 rings (SSSR count). The van der Waals surface area contributed by atoms with Gasteiger partial charge in [-0.2, -0.15) is 0 Å². The van der Waals surface area contributed by atoms with Crippen LogP contribution < -0.4 is 4.74 Å². The maximum atomic E-state index is 14.8. The van der Waals surface area contributed by atoms with Gasteiger partial charge in [0.15, 0.2) is 11.6 Å². The van der Waals surface area contributed by atoms with Gasteiger partial charge in [-0.25, -0.2) is 4.39 Å². The Labute approximate surface area is 147 Å². The van der Waals surface area contributed by atoms with Crippen molar-refractivity contribution in [3.63, 3.8) is 0 Å². The minimum atomic E-state index is -1.09. The lowest BCUT2D eigenvalue weighted by Crippen LogP contribution is -2.13. The van der Waals surface area contributed by atoms with Gasteiger partial charge in [-0.05, 0) is 37.6 Å². The molecule has 0 unspecified atom stereocenters. The summed E-state index contributed by atoms with van der Waals surface area (Å²) in [5, 5.41) is 11.0. The third kappa shape index (κ3) is 2.80. The number of benzene rings is 1. The molecule has 7 heteroatoms. The van der Waals surface area contributed by atoms with Crippen molar-refractivity contribution >= 4 is 34.1 Å². The molecule has 0 radical (unpaired) electrons. The zero-order chi connectivity index (χ0) is 18.3. The molecule has 5 nitrogen and oxygen atoms in total. The van der Waals surface area contributed by atoms with E-state index in [-0.39, 0.29) is 29.0 Å². The lowest BCUT2D eigenvalue weighted by atomic mass is 10.1. The number of carbonyl (C=O) groups excluding carboxylic acids is 1. The molecule has 25 heavy (non-hydrogen) atoms. The van der Waals surface area contributed by atoms with Crippen molar-refractivity contribution in [2.24, 2.45) is 0 Å². The molecule has 3 aromatic rings. The fourth-order valence-electron chi connectivity index (χ4n) is 2.99. The van der Waals surface area contributed by atoms with Crippen LogP contribution in [0, 0.1) is 19.7 Å². The van der Waals surface area contributed by atoms with Gasteiger partial charge < -0.3 is 9.84 Å². The first kappa shape index (κ1) is 17.2. The quantitative estimate of drug-likeness (QED) is 0.768. The Morgan fingerprint density at radius 3 is 2.60 bits per heavy atom. The molecule has 0 aliphatic heterocycles. The molecule has 0 aliphatic rings. The average molecular weight is 361 g/mol. The maximum absolute atomic E-state index is 14.8. The van der Waals surface area contributed by atoms with Crippen molar-refractivity contribution in [3.8, 4) is 5.75 Å². The SMILES string of the molecule is COc1ccc2c(c1F)c(CC(=O)O)c(C)n2C(=O)c1csc(C)c1. The van der Waals surface area contributed by atoms with Crippen LogP contribution in [-0.4, -0.2) is 28.7 Å². The Balaban J connectivity index is 2.32. The summed E-state index contributed by atoms with van der Waals surface area (Å²) >= 11 is 1.44. The van der Waals surface area contributed by atoms with Gasteiger partial charge in [-0.15, -0.1) is 11.3 Å². The van der Waals surface area contributed by atoms with Crippen LogP contribution in [-0.2, 0) is 11.2 Å². The Kier molecular flexibility index (Phi) is 4.34. The number of aromatic nitrogens is 1. The van der Waals surface area contributed by atoms with E-state index in [9.17, 15) is 19.1 Å². The van der Waals surface area contributed by atoms with Crippen LogP contribution in [0.25, 0.3) is 10.9 Å². The van der Waals surface area contributed by atoms with E-state index in [1.165, 1.54) is 29.1 Å². The molecule has 0 atom stereocenters. The fourth-order valence-corrected chi connectivity index (χ4v) is 3.67. The molecule has 0 saturated carbocycles. The molecule has 0 fully saturated rings.